The highest BCUT2D eigenvalue weighted by Crippen LogP contribution is 2.65. The monoisotopic (exact) mass is 548 g/mol. The summed E-state index contributed by atoms with van der Waals surface area (Å²) >= 11 is 0. The molecule has 1 aromatic heterocycles. The van der Waals surface area contributed by atoms with E-state index in [0.29, 0.717) is 23.2 Å². The summed E-state index contributed by atoms with van der Waals surface area (Å²) in [6.45, 7) is 6.89. The fourth-order valence-electron chi connectivity index (χ4n) is 7.12. The molecule has 7 rings (SSSR count). The minimum absolute atomic E-state index is 0.0280. The molecule has 9 heteroatoms. The van der Waals surface area contributed by atoms with Gasteiger partial charge in [0.1, 0.15) is 5.58 Å². The van der Waals surface area contributed by atoms with Gasteiger partial charge >= 0.3 is 7.12 Å². The number of nitrogens with zero attached hydrogens (tertiary/aromatic N) is 1. The van der Waals surface area contributed by atoms with E-state index in [0.717, 1.165) is 28.5 Å². The molecule has 1 amide bonds. The highest BCUT2D eigenvalue weighted by molar-refractivity contribution is 7.93. The molecule has 3 saturated carbocycles. The summed E-state index contributed by atoms with van der Waals surface area (Å²) < 4.78 is 35.7. The predicted molar refractivity (Wildman–Crippen MR) is 153 cm³/mol. The second-order valence-corrected chi connectivity index (χ2v) is 14.7. The molecule has 1 N–H and O–H groups in total. The Kier molecular flexibility index (Phi) is 6.47. The quantitative estimate of drug-likeness (QED) is 0.417. The van der Waals surface area contributed by atoms with Gasteiger partial charge in [-0.15, -0.1) is 0 Å². The van der Waals surface area contributed by atoms with E-state index in [1.165, 1.54) is 6.42 Å². The summed E-state index contributed by atoms with van der Waals surface area (Å²) in [6, 6.07) is 15.2. The van der Waals surface area contributed by atoms with Crippen LogP contribution in [0.15, 0.2) is 68.5 Å². The normalized spacial score (nSPS) is 29.3. The first-order chi connectivity index (χ1) is 18.5. The molecule has 6 atom stereocenters. The number of hydrogen-bond donors (Lipinski definition) is 1. The van der Waals surface area contributed by atoms with E-state index in [9.17, 15) is 9.00 Å². The molecule has 1 unspecified atom stereocenters. The molecule has 2 heterocycles. The molecule has 4 aliphatic rings. The molecule has 0 spiro atoms. The first kappa shape index (κ1) is 26.6. The van der Waals surface area contributed by atoms with Crippen LogP contribution in [0.2, 0.25) is 0 Å². The average Bonchev–Trinajstić information content (AvgIpc) is 3.48. The fraction of sp³-hybridized carbons (Fsp3) is 0.500. The lowest BCUT2D eigenvalue weighted by molar-refractivity contribution is -0.199. The molecule has 3 aliphatic carbocycles. The van der Waals surface area contributed by atoms with E-state index in [4.69, 9.17) is 13.7 Å². The standard InChI is InChI=1S/C30H37BN2O5S/c1-29(2)21-16-25(29)30(3)26(17-21)37-31(38-30)27(15-20-18-36-24-9-7-6-8-23(20)24)33-28(34)14-19-10-12-22(13-11-19)39(5,35)32-4/h6-13,18,21,25-27H,14-17H2,1-5H3,(H,33,34)/t21-,25-,26+,27-,30-,39?/m0/s1. The van der Waals surface area contributed by atoms with Crippen molar-refractivity contribution in [2.75, 3.05) is 13.3 Å². The first-order valence-corrected chi connectivity index (χ1v) is 15.7. The molecule has 1 aliphatic heterocycles. The number of hydrogen-bond acceptors (Lipinski definition) is 6. The lowest BCUT2D eigenvalue weighted by Gasteiger charge is -2.64. The van der Waals surface area contributed by atoms with E-state index < -0.39 is 16.8 Å². The SMILES string of the molecule is CN=S(C)(=O)c1ccc(CC(=O)N[C@@H](Cc2coc3ccccc23)B2O[C@@H]3C[C@@H]4C[C@@H](C4(C)C)[C@]3(C)O2)cc1. The minimum Gasteiger partial charge on any atom is -0.464 e. The van der Waals surface area contributed by atoms with Gasteiger partial charge in [-0.3, -0.25) is 4.79 Å². The minimum atomic E-state index is -2.41. The maximum Gasteiger partial charge on any atom is 0.482 e. The van der Waals surface area contributed by atoms with Crippen molar-refractivity contribution in [2.45, 2.75) is 69.0 Å². The molecular weight excluding hydrogens is 511 g/mol. The molecule has 0 radical (unpaired) electrons. The van der Waals surface area contributed by atoms with Gasteiger partial charge < -0.3 is 19.0 Å². The van der Waals surface area contributed by atoms with E-state index in [1.807, 2.05) is 36.4 Å². The van der Waals surface area contributed by atoms with E-state index in [-0.39, 0.29) is 35.4 Å². The summed E-state index contributed by atoms with van der Waals surface area (Å²) in [5, 5.41) is 4.27. The van der Waals surface area contributed by atoms with Crippen LogP contribution in [0, 0.1) is 17.3 Å². The summed E-state index contributed by atoms with van der Waals surface area (Å²) in [5.74, 6) is 0.589. The third-order valence-corrected chi connectivity index (χ3v) is 11.6. The van der Waals surface area contributed by atoms with Gasteiger partial charge in [0, 0.05) is 23.6 Å². The van der Waals surface area contributed by atoms with Gasteiger partial charge in [0.25, 0.3) is 0 Å². The van der Waals surface area contributed by atoms with Crippen LogP contribution in [-0.2, 0) is 36.7 Å². The zero-order chi connectivity index (χ0) is 27.6. The Morgan fingerprint density at radius 3 is 2.62 bits per heavy atom. The zero-order valence-electron chi connectivity index (χ0n) is 23.3. The van der Waals surface area contributed by atoms with Crippen molar-refractivity contribution < 1.29 is 22.7 Å². The van der Waals surface area contributed by atoms with Crippen molar-refractivity contribution in [3.63, 3.8) is 0 Å². The maximum absolute atomic E-state index is 13.4. The third kappa shape index (κ3) is 4.52. The van der Waals surface area contributed by atoms with Crippen LogP contribution in [0.1, 0.15) is 44.7 Å². The van der Waals surface area contributed by atoms with Crippen molar-refractivity contribution >= 4 is 33.7 Å². The number of furan rings is 1. The first-order valence-electron chi connectivity index (χ1n) is 13.8. The number of nitrogens with one attached hydrogen (secondary N) is 1. The van der Waals surface area contributed by atoms with Gasteiger partial charge in [0.15, 0.2) is 0 Å². The second-order valence-electron chi connectivity index (χ2n) is 12.3. The lowest BCUT2D eigenvalue weighted by atomic mass is 9.43. The van der Waals surface area contributed by atoms with Crippen LogP contribution in [0.3, 0.4) is 0 Å². The number of carbonyl (C=O) groups is 1. The Balaban J connectivity index is 1.23. The number of rotatable bonds is 7. The predicted octanol–water partition coefficient (Wildman–Crippen LogP) is 5.06. The zero-order valence-corrected chi connectivity index (χ0v) is 24.1. The molecule has 4 fully saturated rings. The van der Waals surface area contributed by atoms with Crippen LogP contribution in [0.25, 0.3) is 11.0 Å². The molecule has 39 heavy (non-hydrogen) atoms. The van der Waals surface area contributed by atoms with Gasteiger partial charge in [-0.2, -0.15) is 0 Å². The van der Waals surface area contributed by atoms with E-state index in [2.05, 4.69) is 30.5 Å². The Hall–Kier alpha value is -2.62. The number of carbonyl (C=O) groups excluding carboxylic acids is 1. The number of para-hydroxylation sites is 1. The Morgan fingerprint density at radius 1 is 1.15 bits per heavy atom. The van der Waals surface area contributed by atoms with Crippen LogP contribution in [0.5, 0.6) is 0 Å². The number of fused-ring (bicyclic) bond motifs is 1. The summed E-state index contributed by atoms with van der Waals surface area (Å²) in [6.07, 6.45) is 6.30. The molecule has 3 aromatic rings. The summed E-state index contributed by atoms with van der Waals surface area (Å²) in [4.78, 5) is 14.0. The topological polar surface area (TPSA) is 90.1 Å². The van der Waals surface area contributed by atoms with Crippen molar-refractivity contribution in [2.24, 2.45) is 21.6 Å². The van der Waals surface area contributed by atoms with Crippen LogP contribution in [-0.4, -0.2) is 48.2 Å². The highest BCUT2D eigenvalue weighted by atomic mass is 32.2. The van der Waals surface area contributed by atoms with Crippen molar-refractivity contribution in [3.05, 3.63) is 65.9 Å². The van der Waals surface area contributed by atoms with Gasteiger partial charge in [0.05, 0.1) is 40.1 Å². The van der Waals surface area contributed by atoms with Gasteiger partial charge in [-0.25, -0.2) is 8.57 Å². The molecule has 2 bridgehead atoms. The average molecular weight is 549 g/mol. The van der Waals surface area contributed by atoms with Crippen molar-refractivity contribution in [1.29, 1.82) is 0 Å². The summed E-state index contributed by atoms with van der Waals surface area (Å²) in [7, 11) is -1.41. The van der Waals surface area contributed by atoms with Crippen LogP contribution < -0.4 is 5.32 Å². The van der Waals surface area contributed by atoms with Crippen LogP contribution in [0.4, 0.5) is 0 Å². The largest absolute Gasteiger partial charge is 0.482 e. The Labute approximate surface area is 231 Å². The van der Waals surface area contributed by atoms with Gasteiger partial charge in [-0.05, 0) is 72.8 Å². The second kappa shape index (κ2) is 9.49. The van der Waals surface area contributed by atoms with E-state index >= 15 is 0 Å². The molecule has 2 aromatic carbocycles. The molecule has 206 valence electrons. The van der Waals surface area contributed by atoms with Crippen LogP contribution >= 0.6 is 0 Å². The van der Waals surface area contributed by atoms with Crippen molar-refractivity contribution in [3.8, 4) is 0 Å². The Morgan fingerprint density at radius 2 is 1.90 bits per heavy atom. The summed E-state index contributed by atoms with van der Waals surface area (Å²) in [5.41, 5.74) is 2.55. The van der Waals surface area contributed by atoms with E-state index in [1.54, 1.807) is 31.7 Å². The van der Waals surface area contributed by atoms with Gasteiger partial charge in [-0.1, -0.05) is 44.2 Å². The van der Waals surface area contributed by atoms with Gasteiger partial charge in [0.2, 0.25) is 5.91 Å². The lowest BCUT2D eigenvalue weighted by Crippen LogP contribution is -2.65. The smallest absolute Gasteiger partial charge is 0.464 e. The molecule has 1 saturated heterocycles. The maximum atomic E-state index is 13.4. The number of benzene rings is 2. The van der Waals surface area contributed by atoms with Crippen molar-refractivity contribution in [1.82, 2.24) is 5.32 Å². The molecular formula is C30H37BN2O5S. The third-order valence-electron chi connectivity index (χ3n) is 9.72. The fourth-order valence-corrected chi connectivity index (χ4v) is 7.97. The Bertz CT molecular complexity index is 1530. The highest BCUT2D eigenvalue weighted by Gasteiger charge is 2.68. The number of amides is 1. The molecule has 7 nitrogen and oxygen atoms in total.